The number of likely N-dealkylation sites (N-methyl/N-ethyl adjacent to an activating group) is 1. The molecule has 0 spiro atoms. The minimum atomic E-state index is -0.581. The maximum absolute atomic E-state index is 12.7. The minimum Gasteiger partial charge on any atom is -0.387 e. The van der Waals surface area contributed by atoms with Gasteiger partial charge in [-0.1, -0.05) is 26.0 Å². The van der Waals surface area contributed by atoms with Gasteiger partial charge in [0.2, 0.25) is 0 Å². The highest BCUT2D eigenvalue weighted by molar-refractivity contribution is 5.18. The van der Waals surface area contributed by atoms with Crippen LogP contribution in [0, 0.1) is 5.82 Å². The van der Waals surface area contributed by atoms with E-state index in [4.69, 9.17) is 0 Å². The van der Waals surface area contributed by atoms with Crippen LogP contribution in [0.2, 0.25) is 0 Å². The van der Waals surface area contributed by atoms with Crippen LogP contribution in [0.4, 0.5) is 4.39 Å². The predicted molar refractivity (Wildman–Crippen MR) is 72.0 cm³/mol. The molecule has 0 bridgehead atoms. The van der Waals surface area contributed by atoms with E-state index >= 15 is 0 Å². The average Bonchev–Trinajstić information content (AvgIpc) is 2.39. The summed E-state index contributed by atoms with van der Waals surface area (Å²) < 4.78 is 12.7. The normalized spacial score (nSPS) is 12.9. The molecular weight excluding hydrogens is 231 g/mol. The zero-order chi connectivity index (χ0) is 13.4. The van der Waals surface area contributed by atoms with Crippen LogP contribution in [-0.2, 0) is 0 Å². The van der Waals surface area contributed by atoms with Crippen LogP contribution in [0.1, 0.15) is 25.5 Å². The molecule has 0 aliphatic heterocycles. The van der Waals surface area contributed by atoms with Crippen molar-refractivity contribution >= 4 is 0 Å². The van der Waals surface area contributed by atoms with E-state index in [-0.39, 0.29) is 5.82 Å². The second-order valence-corrected chi connectivity index (χ2v) is 4.30. The summed E-state index contributed by atoms with van der Waals surface area (Å²) in [5.41, 5.74) is 0.742. The Hall–Kier alpha value is -0.970. The second kappa shape index (κ2) is 8.19. The lowest BCUT2D eigenvalue weighted by Gasteiger charge is -2.19. The third kappa shape index (κ3) is 5.12. The minimum absolute atomic E-state index is 0.277. The monoisotopic (exact) mass is 254 g/mol. The molecule has 1 atom stereocenters. The first kappa shape index (κ1) is 15.1. The Kier molecular flexibility index (Phi) is 6.86. The molecule has 0 aliphatic carbocycles. The maximum atomic E-state index is 12.7. The van der Waals surface area contributed by atoms with Crippen LogP contribution in [0.25, 0.3) is 0 Å². The Morgan fingerprint density at radius 2 is 1.83 bits per heavy atom. The number of halogens is 1. The Morgan fingerprint density at radius 1 is 1.22 bits per heavy atom. The summed E-state index contributed by atoms with van der Waals surface area (Å²) in [7, 11) is 0. The van der Waals surface area contributed by atoms with Crippen molar-refractivity contribution in [2.24, 2.45) is 0 Å². The van der Waals surface area contributed by atoms with Gasteiger partial charge in [0.05, 0.1) is 6.10 Å². The highest BCUT2D eigenvalue weighted by Gasteiger charge is 2.07. The fourth-order valence-corrected chi connectivity index (χ4v) is 1.82. The van der Waals surface area contributed by atoms with Crippen LogP contribution in [0.15, 0.2) is 24.3 Å². The van der Waals surface area contributed by atoms with Gasteiger partial charge in [0.15, 0.2) is 0 Å². The Morgan fingerprint density at radius 3 is 2.39 bits per heavy atom. The molecule has 1 aromatic carbocycles. The van der Waals surface area contributed by atoms with Crippen molar-refractivity contribution in [3.05, 3.63) is 35.6 Å². The molecule has 0 aliphatic rings. The van der Waals surface area contributed by atoms with E-state index in [0.29, 0.717) is 6.54 Å². The molecule has 0 aromatic heterocycles. The molecule has 0 radical (unpaired) electrons. The van der Waals surface area contributed by atoms with E-state index < -0.39 is 6.10 Å². The molecule has 0 amide bonds. The lowest BCUT2D eigenvalue weighted by atomic mass is 10.1. The molecule has 18 heavy (non-hydrogen) atoms. The molecule has 102 valence electrons. The first-order valence-electron chi connectivity index (χ1n) is 6.54. The Bertz CT molecular complexity index is 325. The molecule has 1 aromatic rings. The number of aliphatic hydroxyl groups is 1. The van der Waals surface area contributed by atoms with Crippen LogP contribution in [0.3, 0.4) is 0 Å². The van der Waals surface area contributed by atoms with Gasteiger partial charge in [-0.25, -0.2) is 4.39 Å². The number of benzene rings is 1. The third-order valence-electron chi connectivity index (χ3n) is 3.09. The van der Waals surface area contributed by atoms with Crippen LogP contribution < -0.4 is 5.32 Å². The highest BCUT2D eigenvalue weighted by atomic mass is 19.1. The van der Waals surface area contributed by atoms with E-state index in [2.05, 4.69) is 24.1 Å². The molecule has 4 heteroatoms. The van der Waals surface area contributed by atoms with Crippen LogP contribution in [0.5, 0.6) is 0 Å². The zero-order valence-corrected chi connectivity index (χ0v) is 11.2. The topological polar surface area (TPSA) is 35.5 Å². The van der Waals surface area contributed by atoms with Crippen molar-refractivity contribution in [3.8, 4) is 0 Å². The molecule has 0 saturated carbocycles. The average molecular weight is 254 g/mol. The number of nitrogens with one attached hydrogen (secondary N) is 1. The number of aliphatic hydroxyl groups excluding tert-OH is 1. The summed E-state index contributed by atoms with van der Waals surface area (Å²) in [5.74, 6) is -0.277. The lowest BCUT2D eigenvalue weighted by Crippen LogP contribution is -2.33. The van der Waals surface area contributed by atoms with Gasteiger partial charge >= 0.3 is 0 Å². The molecule has 2 N–H and O–H groups in total. The quantitative estimate of drug-likeness (QED) is 0.694. The summed E-state index contributed by atoms with van der Waals surface area (Å²) in [4.78, 5) is 2.32. The fourth-order valence-electron chi connectivity index (χ4n) is 1.82. The van der Waals surface area contributed by atoms with E-state index in [1.165, 1.54) is 12.1 Å². The van der Waals surface area contributed by atoms with E-state index in [9.17, 15) is 9.50 Å². The van der Waals surface area contributed by atoms with Crippen molar-refractivity contribution < 1.29 is 9.50 Å². The zero-order valence-electron chi connectivity index (χ0n) is 11.2. The van der Waals surface area contributed by atoms with Crippen molar-refractivity contribution in [2.75, 3.05) is 32.7 Å². The fraction of sp³-hybridized carbons (Fsp3) is 0.571. The SMILES string of the molecule is CCN(CC)CCNCC(O)c1ccc(F)cc1. The van der Waals surface area contributed by atoms with Gasteiger partial charge in [0.1, 0.15) is 5.82 Å². The summed E-state index contributed by atoms with van der Waals surface area (Å²) in [5, 5.41) is 13.1. The van der Waals surface area contributed by atoms with E-state index in [1.54, 1.807) is 12.1 Å². The summed E-state index contributed by atoms with van der Waals surface area (Å²) >= 11 is 0. The molecule has 1 rings (SSSR count). The van der Waals surface area contributed by atoms with Crippen molar-refractivity contribution in [2.45, 2.75) is 20.0 Å². The third-order valence-corrected chi connectivity index (χ3v) is 3.09. The molecule has 1 unspecified atom stereocenters. The summed E-state index contributed by atoms with van der Waals surface area (Å²) in [6, 6.07) is 5.97. The van der Waals surface area contributed by atoms with Crippen LogP contribution >= 0.6 is 0 Å². The molecule has 0 heterocycles. The maximum Gasteiger partial charge on any atom is 0.123 e. The molecule has 3 nitrogen and oxygen atoms in total. The van der Waals surface area contributed by atoms with Gasteiger partial charge in [-0.2, -0.15) is 0 Å². The smallest absolute Gasteiger partial charge is 0.123 e. The van der Waals surface area contributed by atoms with Crippen molar-refractivity contribution in [3.63, 3.8) is 0 Å². The number of hydrogen-bond acceptors (Lipinski definition) is 3. The predicted octanol–water partition coefficient (Wildman–Crippen LogP) is 1.79. The lowest BCUT2D eigenvalue weighted by molar-refractivity contribution is 0.172. The number of rotatable bonds is 8. The van der Waals surface area contributed by atoms with Gasteiger partial charge in [-0.3, -0.25) is 0 Å². The van der Waals surface area contributed by atoms with Crippen molar-refractivity contribution in [1.29, 1.82) is 0 Å². The largest absolute Gasteiger partial charge is 0.387 e. The van der Waals surface area contributed by atoms with Gasteiger partial charge in [-0.15, -0.1) is 0 Å². The second-order valence-electron chi connectivity index (χ2n) is 4.30. The first-order valence-corrected chi connectivity index (χ1v) is 6.54. The number of hydrogen-bond donors (Lipinski definition) is 2. The summed E-state index contributed by atoms with van der Waals surface area (Å²) in [6.45, 7) is 8.67. The Labute approximate surface area is 109 Å². The standard InChI is InChI=1S/C14H23FN2O/c1-3-17(4-2)10-9-16-11-14(18)12-5-7-13(15)8-6-12/h5-8,14,16,18H,3-4,9-11H2,1-2H3. The summed E-state index contributed by atoms with van der Waals surface area (Å²) in [6.07, 6.45) is -0.581. The van der Waals surface area contributed by atoms with E-state index in [1.807, 2.05) is 0 Å². The van der Waals surface area contributed by atoms with Gasteiger partial charge in [0, 0.05) is 19.6 Å². The van der Waals surface area contributed by atoms with E-state index in [0.717, 1.165) is 31.7 Å². The van der Waals surface area contributed by atoms with Gasteiger partial charge in [-0.05, 0) is 30.8 Å². The molecule has 0 fully saturated rings. The van der Waals surface area contributed by atoms with Gasteiger partial charge < -0.3 is 15.3 Å². The van der Waals surface area contributed by atoms with Crippen LogP contribution in [-0.4, -0.2) is 42.7 Å². The highest BCUT2D eigenvalue weighted by Crippen LogP contribution is 2.12. The Balaban J connectivity index is 2.25. The van der Waals surface area contributed by atoms with Gasteiger partial charge in [0.25, 0.3) is 0 Å². The number of nitrogens with zero attached hydrogens (tertiary/aromatic N) is 1. The van der Waals surface area contributed by atoms with Crippen molar-refractivity contribution in [1.82, 2.24) is 10.2 Å². The first-order chi connectivity index (χ1) is 8.67. The molecule has 0 saturated heterocycles. The molecular formula is C14H23FN2O.